The number of esters is 1. The van der Waals surface area contributed by atoms with E-state index >= 15 is 0 Å². The highest BCUT2D eigenvalue weighted by atomic mass is 16.5. The van der Waals surface area contributed by atoms with Crippen LogP contribution in [0, 0.1) is 0 Å². The van der Waals surface area contributed by atoms with Crippen LogP contribution in [0.4, 0.5) is 0 Å². The molecule has 0 bridgehead atoms. The molecule has 0 spiro atoms. The van der Waals surface area contributed by atoms with Crippen LogP contribution in [0.15, 0.2) is 12.2 Å². The molecule has 0 aromatic heterocycles. The predicted octanol–water partition coefficient (Wildman–Crippen LogP) is 4.60. The molecule has 0 aliphatic carbocycles. The maximum atomic E-state index is 11.5. The zero-order valence-electron chi connectivity index (χ0n) is 13.2. The van der Waals surface area contributed by atoms with Gasteiger partial charge in [0.25, 0.3) is 0 Å². The number of hydrogen-bond donors (Lipinski definition) is 0. The molecule has 0 aliphatic heterocycles. The molecule has 0 atom stereocenters. The molecular formula is C17H30O3. The van der Waals surface area contributed by atoms with Crippen LogP contribution in [0.1, 0.15) is 77.6 Å². The van der Waals surface area contributed by atoms with Gasteiger partial charge in [0.15, 0.2) is 5.78 Å². The molecule has 20 heavy (non-hydrogen) atoms. The van der Waals surface area contributed by atoms with Crippen LogP contribution in [0.25, 0.3) is 0 Å². The Hall–Kier alpha value is -1.12. The van der Waals surface area contributed by atoms with E-state index in [0.717, 1.165) is 57.8 Å². The number of rotatable bonds is 13. The van der Waals surface area contributed by atoms with Crippen molar-refractivity contribution in [1.82, 2.24) is 0 Å². The Balaban J connectivity index is 3.30. The molecule has 0 unspecified atom stereocenters. The van der Waals surface area contributed by atoms with Gasteiger partial charge in [-0.2, -0.15) is 0 Å². The van der Waals surface area contributed by atoms with E-state index in [2.05, 4.69) is 11.7 Å². The fourth-order valence-corrected chi connectivity index (χ4v) is 2.01. The number of ether oxygens (including phenoxy) is 1. The van der Waals surface area contributed by atoms with E-state index in [1.807, 2.05) is 6.08 Å². The number of unbranched alkanes of at least 4 members (excludes halogenated alkanes) is 7. The Bertz CT molecular complexity index is 282. The van der Waals surface area contributed by atoms with Crippen molar-refractivity contribution in [3.8, 4) is 0 Å². The zero-order valence-corrected chi connectivity index (χ0v) is 13.2. The molecule has 0 heterocycles. The molecule has 0 radical (unpaired) electrons. The zero-order chi connectivity index (χ0) is 15.1. The number of carbonyl (C=O) groups is 2. The molecule has 116 valence electrons. The molecule has 3 nitrogen and oxygen atoms in total. The van der Waals surface area contributed by atoms with Gasteiger partial charge < -0.3 is 4.74 Å². The third-order valence-corrected chi connectivity index (χ3v) is 3.31. The van der Waals surface area contributed by atoms with Gasteiger partial charge in [0.2, 0.25) is 0 Å². The van der Waals surface area contributed by atoms with E-state index in [-0.39, 0.29) is 11.8 Å². The summed E-state index contributed by atoms with van der Waals surface area (Å²) in [4.78, 5) is 22.3. The van der Waals surface area contributed by atoms with Crippen LogP contribution in [0.5, 0.6) is 0 Å². The molecular weight excluding hydrogens is 252 g/mol. The molecule has 0 N–H and O–H groups in total. The SMILES string of the molecule is CCCCCC(=O)C=CCCCCCCCC(=O)OC. The maximum Gasteiger partial charge on any atom is 0.305 e. The monoisotopic (exact) mass is 282 g/mol. The lowest BCUT2D eigenvalue weighted by Gasteiger charge is -2.00. The second-order valence-corrected chi connectivity index (χ2v) is 5.21. The molecule has 0 saturated heterocycles. The first-order chi connectivity index (χ1) is 9.70. The normalized spacial score (nSPS) is 10.9. The number of methoxy groups -OCH3 is 1. The van der Waals surface area contributed by atoms with Crippen molar-refractivity contribution in [2.75, 3.05) is 7.11 Å². The molecule has 0 aliphatic rings. The summed E-state index contributed by atoms with van der Waals surface area (Å²) in [6, 6.07) is 0. The predicted molar refractivity (Wildman–Crippen MR) is 82.6 cm³/mol. The molecule has 0 rings (SSSR count). The Morgan fingerprint density at radius 3 is 2.25 bits per heavy atom. The van der Waals surface area contributed by atoms with Crippen molar-refractivity contribution in [2.24, 2.45) is 0 Å². The van der Waals surface area contributed by atoms with Crippen LogP contribution in [0.2, 0.25) is 0 Å². The third-order valence-electron chi connectivity index (χ3n) is 3.31. The summed E-state index contributed by atoms with van der Waals surface area (Å²) in [5, 5.41) is 0. The second-order valence-electron chi connectivity index (χ2n) is 5.21. The topological polar surface area (TPSA) is 43.4 Å². The van der Waals surface area contributed by atoms with Crippen LogP contribution < -0.4 is 0 Å². The summed E-state index contributed by atoms with van der Waals surface area (Å²) in [6.07, 6.45) is 14.7. The van der Waals surface area contributed by atoms with E-state index in [0.29, 0.717) is 12.8 Å². The average Bonchev–Trinajstić information content (AvgIpc) is 2.45. The molecule has 3 heteroatoms. The number of allylic oxidation sites excluding steroid dienone is 2. The Morgan fingerprint density at radius 2 is 1.55 bits per heavy atom. The quantitative estimate of drug-likeness (QED) is 0.282. The lowest BCUT2D eigenvalue weighted by atomic mass is 10.1. The second kappa shape index (κ2) is 14.3. The standard InChI is InChI=1S/C17H30O3/c1-3-4-10-13-16(18)14-11-8-6-5-7-9-12-15-17(19)20-2/h11,14H,3-10,12-13,15H2,1-2H3. The molecule has 0 aromatic carbocycles. The highest BCUT2D eigenvalue weighted by Crippen LogP contribution is 2.08. The summed E-state index contributed by atoms with van der Waals surface area (Å²) >= 11 is 0. The van der Waals surface area contributed by atoms with Crippen LogP contribution >= 0.6 is 0 Å². The Labute approximate surface area is 123 Å². The summed E-state index contributed by atoms with van der Waals surface area (Å²) in [5.41, 5.74) is 0. The first-order valence-electron chi connectivity index (χ1n) is 7.97. The van der Waals surface area contributed by atoms with E-state index in [9.17, 15) is 9.59 Å². The van der Waals surface area contributed by atoms with E-state index in [4.69, 9.17) is 0 Å². The van der Waals surface area contributed by atoms with E-state index in [1.165, 1.54) is 7.11 Å². The van der Waals surface area contributed by atoms with Gasteiger partial charge >= 0.3 is 5.97 Å². The highest BCUT2D eigenvalue weighted by Gasteiger charge is 1.99. The minimum absolute atomic E-state index is 0.116. The van der Waals surface area contributed by atoms with Gasteiger partial charge in [-0.1, -0.05) is 45.1 Å². The number of carbonyl (C=O) groups excluding carboxylic acids is 2. The minimum Gasteiger partial charge on any atom is -0.469 e. The van der Waals surface area contributed by atoms with Crippen LogP contribution in [-0.4, -0.2) is 18.9 Å². The minimum atomic E-state index is -0.116. The van der Waals surface area contributed by atoms with Gasteiger partial charge in [-0.15, -0.1) is 0 Å². The van der Waals surface area contributed by atoms with Crippen molar-refractivity contribution in [2.45, 2.75) is 77.6 Å². The van der Waals surface area contributed by atoms with Gasteiger partial charge in [0, 0.05) is 12.8 Å². The molecule has 0 aromatic rings. The first-order valence-corrected chi connectivity index (χ1v) is 7.97. The fraction of sp³-hybridized carbons (Fsp3) is 0.765. The van der Waals surface area contributed by atoms with Gasteiger partial charge in [-0.25, -0.2) is 0 Å². The van der Waals surface area contributed by atoms with Crippen molar-refractivity contribution in [3.63, 3.8) is 0 Å². The van der Waals surface area contributed by atoms with Crippen molar-refractivity contribution in [1.29, 1.82) is 0 Å². The largest absolute Gasteiger partial charge is 0.469 e. The van der Waals surface area contributed by atoms with Crippen LogP contribution in [0.3, 0.4) is 0 Å². The Kier molecular flexibility index (Phi) is 13.5. The van der Waals surface area contributed by atoms with Gasteiger partial charge in [-0.05, 0) is 31.8 Å². The number of hydrogen-bond acceptors (Lipinski definition) is 3. The summed E-state index contributed by atoms with van der Waals surface area (Å²) < 4.78 is 4.59. The third kappa shape index (κ3) is 13.3. The first kappa shape index (κ1) is 18.9. The van der Waals surface area contributed by atoms with E-state index in [1.54, 1.807) is 6.08 Å². The highest BCUT2D eigenvalue weighted by molar-refractivity contribution is 5.89. The molecule has 0 saturated carbocycles. The van der Waals surface area contributed by atoms with Gasteiger partial charge in [-0.3, -0.25) is 9.59 Å². The lowest BCUT2D eigenvalue weighted by Crippen LogP contribution is -1.99. The fourth-order valence-electron chi connectivity index (χ4n) is 2.01. The Morgan fingerprint density at radius 1 is 0.900 bits per heavy atom. The summed E-state index contributed by atoms with van der Waals surface area (Å²) in [5.74, 6) is 0.144. The van der Waals surface area contributed by atoms with Crippen LogP contribution in [-0.2, 0) is 14.3 Å². The lowest BCUT2D eigenvalue weighted by molar-refractivity contribution is -0.140. The summed E-state index contributed by atoms with van der Waals surface area (Å²) in [7, 11) is 1.43. The van der Waals surface area contributed by atoms with Crippen molar-refractivity contribution >= 4 is 11.8 Å². The van der Waals surface area contributed by atoms with Crippen molar-refractivity contribution in [3.05, 3.63) is 12.2 Å². The maximum absolute atomic E-state index is 11.5. The number of ketones is 1. The average molecular weight is 282 g/mol. The van der Waals surface area contributed by atoms with Crippen molar-refractivity contribution < 1.29 is 14.3 Å². The molecule has 0 fully saturated rings. The van der Waals surface area contributed by atoms with Gasteiger partial charge in [0.1, 0.15) is 0 Å². The van der Waals surface area contributed by atoms with E-state index < -0.39 is 0 Å². The molecule has 0 amide bonds. The summed E-state index contributed by atoms with van der Waals surface area (Å²) in [6.45, 7) is 2.14. The van der Waals surface area contributed by atoms with Gasteiger partial charge in [0.05, 0.1) is 7.11 Å². The smallest absolute Gasteiger partial charge is 0.305 e.